The third kappa shape index (κ3) is 5.03. The van der Waals surface area contributed by atoms with Gasteiger partial charge >= 0.3 is 12.1 Å². The number of aryl methyl sites for hydroxylation is 1. The molecular weight excluding hydrogens is 499 g/mol. The van der Waals surface area contributed by atoms with Crippen molar-refractivity contribution < 1.29 is 23.5 Å². The van der Waals surface area contributed by atoms with Crippen LogP contribution >= 0.6 is 0 Å². The zero-order valence-corrected chi connectivity index (χ0v) is 22.2. The lowest BCUT2D eigenvalue weighted by Crippen LogP contribution is -2.27. The number of aromatic nitrogens is 4. The number of carbonyl (C=O) groups is 2. The van der Waals surface area contributed by atoms with Gasteiger partial charge in [0.05, 0.1) is 23.9 Å². The molecule has 5 rings (SSSR count). The van der Waals surface area contributed by atoms with Crippen LogP contribution in [0.5, 0.6) is 0 Å². The normalized spacial score (nSPS) is 11.5. The minimum absolute atomic E-state index is 0.367. The van der Waals surface area contributed by atoms with Gasteiger partial charge in [0.15, 0.2) is 5.82 Å². The number of rotatable bonds is 4. The molecule has 0 bridgehead atoms. The quantitative estimate of drug-likeness (QED) is 0.249. The van der Waals surface area contributed by atoms with E-state index in [0.717, 1.165) is 16.7 Å². The van der Waals surface area contributed by atoms with Crippen LogP contribution in [0.1, 0.15) is 31.1 Å². The van der Waals surface area contributed by atoms with Crippen molar-refractivity contribution >= 4 is 23.0 Å². The predicted molar refractivity (Wildman–Crippen MR) is 146 cm³/mol. The van der Waals surface area contributed by atoms with Crippen LogP contribution in [0, 0.1) is 5.82 Å². The maximum atomic E-state index is 14.3. The monoisotopic (exact) mass is 526 g/mol. The molecule has 0 aliphatic carbocycles. The standard InChI is InChI=1S/C30H27FN4O4/c1-30(2,3)39-29(37)35-25-12-9-20(28(36)38-5)14-21(25)15-26(35)19-8-6-7-18(13-19)23-11-10-22(31)16-24(23)27-33-32-17-34(27)4/h6-17H,1-5H3. The molecule has 0 unspecified atom stereocenters. The second-order valence-electron chi connectivity index (χ2n) is 10.1. The lowest BCUT2D eigenvalue weighted by molar-refractivity contribution is 0.0546. The number of methoxy groups -OCH3 is 1. The molecule has 0 radical (unpaired) electrons. The Morgan fingerprint density at radius 2 is 1.69 bits per heavy atom. The highest BCUT2D eigenvalue weighted by molar-refractivity contribution is 6.00. The molecule has 0 fully saturated rings. The Kier molecular flexibility index (Phi) is 6.51. The number of halogens is 1. The first-order valence-corrected chi connectivity index (χ1v) is 12.3. The number of ether oxygens (including phenoxy) is 2. The minimum Gasteiger partial charge on any atom is -0.465 e. The van der Waals surface area contributed by atoms with E-state index in [1.54, 1.807) is 63.0 Å². The van der Waals surface area contributed by atoms with Crippen molar-refractivity contribution in [2.45, 2.75) is 26.4 Å². The van der Waals surface area contributed by atoms with Crippen molar-refractivity contribution in [3.63, 3.8) is 0 Å². The van der Waals surface area contributed by atoms with Crippen molar-refractivity contribution in [3.8, 4) is 33.8 Å². The molecule has 5 aromatic rings. The molecule has 0 saturated carbocycles. The summed E-state index contributed by atoms with van der Waals surface area (Å²) in [5.41, 5.74) is 3.65. The summed E-state index contributed by atoms with van der Waals surface area (Å²) in [6, 6.07) is 18.9. The summed E-state index contributed by atoms with van der Waals surface area (Å²) < 4.78 is 28.1. The van der Waals surface area contributed by atoms with Crippen molar-refractivity contribution in [3.05, 3.63) is 84.4 Å². The Morgan fingerprint density at radius 1 is 0.923 bits per heavy atom. The number of benzene rings is 3. The molecule has 0 amide bonds. The van der Waals surface area contributed by atoms with Gasteiger partial charge in [-0.25, -0.2) is 18.5 Å². The van der Waals surface area contributed by atoms with E-state index in [9.17, 15) is 14.0 Å². The lowest BCUT2D eigenvalue weighted by Gasteiger charge is -2.21. The third-order valence-corrected chi connectivity index (χ3v) is 6.20. The summed E-state index contributed by atoms with van der Waals surface area (Å²) in [6.07, 6.45) is 1.01. The van der Waals surface area contributed by atoms with E-state index in [-0.39, 0.29) is 5.82 Å². The van der Waals surface area contributed by atoms with Gasteiger partial charge in [0, 0.05) is 18.0 Å². The Bertz CT molecular complexity index is 1730. The van der Waals surface area contributed by atoms with Gasteiger partial charge in [0.2, 0.25) is 0 Å². The summed E-state index contributed by atoms with van der Waals surface area (Å²) in [4.78, 5) is 25.6. The maximum Gasteiger partial charge on any atom is 0.419 e. The van der Waals surface area contributed by atoms with Crippen LogP contribution in [0.2, 0.25) is 0 Å². The van der Waals surface area contributed by atoms with Gasteiger partial charge in [0.1, 0.15) is 17.7 Å². The van der Waals surface area contributed by atoms with Crippen LogP contribution in [-0.2, 0) is 16.5 Å². The molecule has 198 valence electrons. The van der Waals surface area contributed by atoms with Gasteiger partial charge in [-0.2, -0.15) is 0 Å². The number of esters is 1. The molecule has 0 aliphatic rings. The first-order valence-electron chi connectivity index (χ1n) is 12.3. The van der Waals surface area contributed by atoms with E-state index >= 15 is 0 Å². The zero-order chi connectivity index (χ0) is 27.9. The number of carbonyl (C=O) groups excluding carboxylic acids is 2. The fourth-order valence-electron chi connectivity index (χ4n) is 4.50. The summed E-state index contributed by atoms with van der Waals surface area (Å²) in [5, 5.41) is 8.78. The minimum atomic E-state index is -0.724. The van der Waals surface area contributed by atoms with Gasteiger partial charge in [-0.05, 0) is 79.9 Å². The molecule has 9 heteroatoms. The van der Waals surface area contributed by atoms with Crippen LogP contribution in [-0.4, -0.2) is 44.1 Å². The molecule has 0 spiro atoms. The molecule has 2 heterocycles. The summed E-state index contributed by atoms with van der Waals surface area (Å²) in [5.74, 6) is -0.342. The van der Waals surface area contributed by atoms with Gasteiger partial charge in [-0.15, -0.1) is 10.2 Å². The average Bonchev–Trinajstić information content (AvgIpc) is 3.50. The van der Waals surface area contributed by atoms with Crippen LogP contribution in [0.4, 0.5) is 9.18 Å². The molecule has 2 aromatic heterocycles. The second kappa shape index (κ2) is 9.83. The number of fused-ring (bicyclic) bond motifs is 1. The zero-order valence-electron chi connectivity index (χ0n) is 22.2. The maximum absolute atomic E-state index is 14.3. The van der Waals surface area contributed by atoms with Crippen molar-refractivity contribution in [1.29, 1.82) is 0 Å². The number of hydrogen-bond donors (Lipinski definition) is 0. The van der Waals surface area contributed by atoms with Gasteiger partial charge < -0.3 is 14.0 Å². The van der Waals surface area contributed by atoms with Crippen molar-refractivity contribution in [1.82, 2.24) is 19.3 Å². The summed E-state index contributed by atoms with van der Waals surface area (Å²) in [6.45, 7) is 5.40. The summed E-state index contributed by atoms with van der Waals surface area (Å²) >= 11 is 0. The van der Waals surface area contributed by atoms with Gasteiger partial charge in [-0.3, -0.25) is 0 Å². The van der Waals surface area contributed by atoms with E-state index in [4.69, 9.17) is 9.47 Å². The Morgan fingerprint density at radius 3 is 2.38 bits per heavy atom. The summed E-state index contributed by atoms with van der Waals surface area (Å²) in [7, 11) is 3.11. The van der Waals surface area contributed by atoms with Crippen molar-refractivity contribution in [2.75, 3.05) is 7.11 Å². The molecule has 0 saturated heterocycles. The van der Waals surface area contributed by atoms with E-state index in [0.29, 0.717) is 33.5 Å². The van der Waals surface area contributed by atoms with E-state index < -0.39 is 17.7 Å². The molecular formula is C30H27FN4O4. The molecule has 8 nitrogen and oxygen atoms in total. The topological polar surface area (TPSA) is 88.2 Å². The first kappa shape index (κ1) is 25.8. The van der Waals surface area contributed by atoms with Crippen LogP contribution in [0.25, 0.3) is 44.7 Å². The highest BCUT2D eigenvalue weighted by Crippen LogP contribution is 2.36. The highest BCUT2D eigenvalue weighted by Gasteiger charge is 2.24. The molecule has 3 aromatic carbocycles. The van der Waals surface area contributed by atoms with Gasteiger partial charge in [0.25, 0.3) is 0 Å². The van der Waals surface area contributed by atoms with Gasteiger partial charge in [-0.1, -0.05) is 24.3 Å². The SMILES string of the molecule is COC(=O)c1ccc2c(c1)cc(-c1cccc(-c3ccc(F)cc3-c3nncn3C)c1)n2C(=O)OC(C)(C)C. The van der Waals surface area contributed by atoms with Crippen molar-refractivity contribution in [2.24, 2.45) is 7.05 Å². The lowest BCUT2D eigenvalue weighted by atomic mass is 9.96. The Hall–Kier alpha value is -4.79. The molecule has 39 heavy (non-hydrogen) atoms. The van der Waals surface area contributed by atoms with Crippen LogP contribution in [0.15, 0.2) is 73.1 Å². The third-order valence-electron chi connectivity index (χ3n) is 6.20. The van der Waals surface area contributed by atoms with Crippen LogP contribution in [0.3, 0.4) is 0 Å². The predicted octanol–water partition coefficient (Wildman–Crippen LogP) is 6.48. The first-order chi connectivity index (χ1) is 18.6. The fourth-order valence-corrected chi connectivity index (χ4v) is 4.50. The van der Waals surface area contributed by atoms with E-state index in [2.05, 4.69) is 10.2 Å². The smallest absolute Gasteiger partial charge is 0.419 e. The largest absolute Gasteiger partial charge is 0.465 e. The number of nitrogens with zero attached hydrogens (tertiary/aromatic N) is 4. The van der Waals surface area contributed by atoms with E-state index in [1.807, 2.05) is 30.3 Å². The Labute approximate surface area is 224 Å². The average molecular weight is 527 g/mol. The van der Waals surface area contributed by atoms with E-state index in [1.165, 1.54) is 23.8 Å². The fraction of sp³-hybridized carbons (Fsp3) is 0.200. The second-order valence-corrected chi connectivity index (χ2v) is 10.1. The molecule has 0 aliphatic heterocycles. The Balaban J connectivity index is 1.70. The number of hydrogen-bond acceptors (Lipinski definition) is 6. The highest BCUT2D eigenvalue weighted by atomic mass is 19.1. The van der Waals surface area contributed by atoms with Crippen LogP contribution < -0.4 is 0 Å². The molecule has 0 atom stereocenters. The molecule has 0 N–H and O–H groups in total.